The van der Waals surface area contributed by atoms with Crippen LogP contribution in [0.3, 0.4) is 0 Å². The van der Waals surface area contributed by atoms with Crippen molar-refractivity contribution in [3.63, 3.8) is 0 Å². The van der Waals surface area contributed by atoms with Crippen molar-refractivity contribution in [3.8, 4) is 23.0 Å². The van der Waals surface area contributed by atoms with Crippen molar-refractivity contribution in [2.75, 3.05) is 0 Å². The minimum absolute atomic E-state index is 0.205. The number of rotatable bonds is 6. The van der Waals surface area contributed by atoms with Crippen molar-refractivity contribution in [2.45, 2.75) is 67.2 Å². The van der Waals surface area contributed by atoms with E-state index < -0.39 is 0 Å². The van der Waals surface area contributed by atoms with E-state index >= 15 is 0 Å². The third-order valence-electron chi connectivity index (χ3n) is 9.00. The summed E-state index contributed by atoms with van der Waals surface area (Å²) in [6.07, 6.45) is 0. The van der Waals surface area contributed by atoms with Gasteiger partial charge in [-0.2, -0.15) is 0 Å². The predicted octanol–water partition coefficient (Wildman–Crippen LogP) is 9.34. The highest BCUT2D eigenvalue weighted by atomic mass is 16.3. The van der Waals surface area contributed by atoms with Gasteiger partial charge in [0, 0.05) is 11.8 Å². The molecule has 0 aliphatic carbocycles. The highest BCUT2D eigenvalue weighted by Crippen LogP contribution is 2.45. The average molecular weight is 587 g/mol. The van der Waals surface area contributed by atoms with Gasteiger partial charge in [-0.25, -0.2) is 0 Å². The second-order valence-corrected chi connectivity index (χ2v) is 12.5. The Morgan fingerprint density at radius 1 is 0.341 bits per heavy atom. The van der Waals surface area contributed by atoms with Crippen LogP contribution in [0, 0.1) is 55.4 Å². The molecule has 0 fully saturated rings. The van der Waals surface area contributed by atoms with Crippen LogP contribution >= 0.6 is 0 Å². The van der Waals surface area contributed by atoms with E-state index in [0.717, 1.165) is 77.9 Å². The smallest absolute Gasteiger partial charge is 0.121 e. The zero-order chi connectivity index (χ0) is 32.0. The normalized spacial score (nSPS) is 11.5. The fourth-order valence-electron chi connectivity index (χ4n) is 6.76. The lowest BCUT2D eigenvalue weighted by molar-refractivity contribution is 0.465. The predicted molar refractivity (Wildman–Crippen MR) is 179 cm³/mol. The van der Waals surface area contributed by atoms with Crippen LogP contribution in [-0.4, -0.2) is 20.4 Å². The highest BCUT2D eigenvalue weighted by molar-refractivity contribution is 5.59. The first kappa shape index (κ1) is 30.7. The fraction of sp³-hybridized carbons (Fsp3) is 0.250. The van der Waals surface area contributed by atoms with Gasteiger partial charge in [0.15, 0.2) is 0 Å². The molecule has 4 nitrogen and oxygen atoms in total. The summed E-state index contributed by atoms with van der Waals surface area (Å²) in [5, 5.41) is 42.8. The second-order valence-electron chi connectivity index (χ2n) is 12.5. The first-order valence-corrected chi connectivity index (χ1v) is 15.1. The Kier molecular flexibility index (Phi) is 8.22. The maximum atomic E-state index is 10.7. The van der Waals surface area contributed by atoms with E-state index in [2.05, 4.69) is 72.8 Å². The average Bonchev–Trinajstić information content (AvgIpc) is 2.97. The van der Waals surface area contributed by atoms with Crippen LogP contribution in [0.4, 0.5) is 0 Å². The van der Waals surface area contributed by atoms with Gasteiger partial charge in [0.05, 0.1) is 0 Å². The zero-order valence-corrected chi connectivity index (χ0v) is 26.9. The van der Waals surface area contributed by atoms with Crippen molar-refractivity contribution in [2.24, 2.45) is 0 Å². The van der Waals surface area contributed by atoms with Crippen LogP contribution < -0.4 is 0 Å². The number of aromatic hydroxyl groups is 4. The summed E-state index contributed by atoms with van der Waals surface area (Å²) in [4.78, 5) is 0. The number of phenolic OH excluding ortho intramolecular Hbond substituents is 4. The summed E-state index contributed by atoms with van der Waals surface area (Å²) < 4.78 is 0. The molecule has 0 saturated carbocycles. The minimum Gasteiger partial charge on any atom is -0.507 e. The summed E-state index contributed by atoms with van der Waals surface area (Å²) in [7, 11) is 0. The first-order valence-electron chi connectivity index (χ1n) is 15.1. The molecule has 44 heavy (non-hydrogen) atoms. The van der Waals surface area contributed by atoms with Crippen molar-refractivity contribution in [1.82, 2.24) is 0 Å². The molecule has 0 spiro atoms. The van der Waals surface area contributed by atoms with Crippen LogP contribution in [0.25, 0.3) is 0 Å². The zero-order valence-electron chi connectivity index (χ0n) is 26.9. The van der Waals surface area contributed by atoms with Crippen LogP contribution in [0.15, 0.2) is 72.8 Å². The van der Waals surface area contributed by atoms with Gasteiger partial charge in [0.25, 0.3) is 0 Å². The third-order valence-corrected chi connectivity index (χ3v) is 9.00. The van der Waals surface area contributed by atoms with Gasteiger partial charge in [-0.1, -0.05) is 72.8 Å². The van der Waals surface area contributed by atoms with E-state index in [-0.39, 0.29) is 11.8 Å². The molecule has 0 saturated heterocycles. The topological polar surface area (TPSA) is 80.9 Å². The summed E-state index contributed by atoms with van der Waals surface area (Å²) in [5.41, 5.74) is 12.8. The van der Waals surface area contributed by atoms with E-state index in [1.54, 1.807) is 0 Å². The van der Waals surface area contributed by atoms with E-state index in [1.165, 1.54) is 0 Å². The highest BCUT2D eigenvalue weighted by Gasteiger charge is 2.28. The van der Waals surface area contributed by atoms with Crippen molar-refractivity contribution < 1.29 is 20.4 Å². The van der Waals surface area contributed by atoms with Gasteiger partial charge < -0.3 is 20.4 Å². The van der Waals surface area contributed by atoms with Crippen molar-refractivity contribution in [3.05, 3.63) is 151 Å². The van der Waals surface area contributed by atoms with E-state index in [4.69, 9.17) is 0 Å². The van der Waals surface area contributed by atoms with Gasteiger partial charge in [-0.3, -0.25) is 0 Å². The maximum Gasteiger partial charge on any atom is 0.121 e. The van der Waals surface area contributed by atoms with E-state index in [0.29, 0.717) is 23.0 Å². The second kappa shape index (κ2) is 11.8. The van der Waals surface area contributed by atoms with Gasteiger partial charge in [0.2, 0.25) is 0 Å². The molecule has 0 aliphatic heterocycles. The van der Waals surface area contributed by atoms with Crippen LogP contribution in [0.5, 0.6) is 23.0 Å². The molecule has 5 aromatic rings. The third kappa shape index (κ3) is 5.53. The number of phenols is 4. The first-order chi connectivity index (χ1) is 20.8. The van der Waals surface area contributed by atoms with Gasteiger partial charge in [-0.15, -0.1) is 0 Å². The quantitative estimate of drug-likeness (QED) is 0.149. The van der Waals surface area contributed by atoms with Crippen molar-refractivity contribution >= 4 is 0 Å². The summed E-state index contributed by atoms with van der Waals surface area (Å²) in [5.74, 6) is 0.763. The molecular weight excluding hydrogens is 544 g/mol. The lowest BCUT2D eigenvalue weighted by atomic mass is 9.74. The fourth-order valence-corrected chi connectivity index (χ4v) is 6.76. The Hall–Kier alpha value is -4.70. The lowest BCUT2D eigenvalue weighted by Crippen LogP contribution is -2.13. The SMILES string of the molecule is Cc1cc(C(c2cc(C)c(O)c(C)c2)c2ccccc2C(c2cc(C)c(O)c(C)c2)c2cc(C)c(O)c(C)c2)cc(C)c1O. The number of hydrogen-bond acceptors (Lipinski definition) is 4. The monoisotopic (exact) mass is 586 g/mol. The van der Waals surface area contributed by atoms with E-state index in [9.17, 15) is 20.4 Å². The minimum atomic E-state index is -0.205. The van der Waals surface area contributed by atoms with E-state index in [1.807, 2.05) is 55.4 Å². The molecule has 4 N–H and O–H groups in total. The number of aryl methyl sites for hydroxylation is 8. The lowest BCUT2D eigenvalue weighted by Gasteiger charge is -2.29. The molecule has 5 aromatic carbocycles. The maximum absolute atomic E-state index is 10.7. The molecule has 226 valence electrons. The Morgan fingerprint density at radius 2 is 0.523 bits per heavy atom. The summed E-state index contributed by atoms with van der Waals surface area (Å²) in [6.45, 7) is 15.4. The van der Waals surface area contributed by atoms with Crippen LogP contribution in [-0.2, 0) is 0 Å². The summed E-state index contributed by atoms with van der Waals surface area (Å²) in [6, 6.07) is 24.9. The Balaban J connectivity index is 1.87. The molecule has 0 aromatic heterocycles. The molecular formula is C40H42O4. The van der Waals surface area contributed by atoms with Gasteiger partial charge in [0.1, 0.15) is 23.0 Å². The molecule has 0 bridgehead atoms. The molecule has 5 rings (SSSR count). The molecule has 0 aliphatic rings. The molecule has 0 amide bonds. The Labute approximate surface area is 260 Å². The van der Waals surface area contributed by atoms with Crippen LogP contribution in [0.1, 0.15) is 89.7 Å². The van der Waals surface area contributed by atoms with Gasteiger partial charge >= 0.3 is 0 Å². The molecule has 0 unspecified atom stereocenters. The van der Waals surface area contributed by atoms with Crippen molar-refractivity contribution in [1.29, 1.82) is 0 Å². The molecule has 0 heterocycles. The largest absolute Gasteiger partial charge is 0.507 e. The Bertz CT molecular complexity index is 1550. The van der Waals surface area contributed by atoms with Gasteiger partial charge in [-0.05, 0) is 133 Å². The molecule has 0 atom stereocenters. The molecule has 0 radical (unpaired) electrons. The molecule has 4 heteroatoms. The Morgan fingerprint density at radius 3 is 0.705 bits per heavy atom. The number of hydrogen-bond donors (Lipinski definition) is 4. The standard InChI is InChI=1S/C40H42O4/c1-21-13-29(14-22(2)37(21)41)35(30-15-23(3)38(42)24(4)16-30)33-11-9-10-12-34(33)36(31-17-25(5)39(43)26(6)18-31)32-19-27(7)40(44)28(8)20-32/h9-20,35-36,41-44H,1-8H3. The van der Waals surface area contributed by atoms with Crippen LogP contribution in [0.2, 0.25) is 0 Å². The number of benzene rings is 5. The summed E-state index contributed by atoms with van der Waals surface area (Å²) >= 11 is 0.